The summed E-state index contributed by atoms with van der Waals surface area (Å²) >= 11 is 0. The van der Waals surface area contributed by atoms with Crippen LogP contribution in [-0.2, 0) is 14.3 Å². The molecule has 1 amide bonds. The Morgan fingerprint density at radius 1 is 0.325 bits per heavy atom. The molecule has 0 fully saturated rings. The predicted octanol–water partition coefficient (Wildman–Crippen LogP) is 25.1. The maximum absolute atomic E-state index is 12.5. The molecule has 0 aromatic rings. The Labute approximate surface area is 520 Å². The molecule has 83 heavy (non-hydrogen) atoms. The molecule has 0 aliphatic heterocycles. The van der Waals surface area contributed by atoms with Crippen molar-refractivity contribution >= 4 is 11.9 Å². The fraction of sp³-hybridized carbons (Fsp3) is 0.948. The van der Waals surface area contributed by atoms with Crippen LogP contribution in [0.5, 0.6) is 0 Å². The lowest BCUT2D eigenvalue weighted by atomic mass is 10.0. The topological polar surface area (TPSA) is 95.9 Å². The van der Waals surface area contributed by atoms with Crippen LogP contribution < -0.4 is 5.32 Å². The fourth-order valence-corrected chi connectivity index (χ4v) is 12.5. The minimum Gasteiger partial charge on any atom is -0.466 e. The molecule has 6 heteroatoms. The molecule has 2 unspecified atom stereocenters. The van der Waals surface area contributed by atoms with E-state index in [1.807, 2.05) is 0 Å². The molecular weight excluding hydrogens is 1020 g/mol. The van der Waals surface area contributed by atoms with Gasteiger partial charge in [0, 0.05) is 12.8 Å². The van der Waals surface area contributed by atoms with E-state index in [1.165, 1.54) is 366 Å². The van der Waals surface area contributed by atoms with Crippen LogP contribution in [0, 0.1) is 0 Å². The lowest BCUT2D eigenvalue weighted by molar-refractivity contribution is -0.143. The van der Waals surface area contributed by atoms with Crippen molar-refractivity contribution in [3.05, 3.63) is 12.2 Å². The highest BCUT2D eigenvalue weighted by molar-refractivity contribution is 5.76. The average Bonchev–Trinajstić information content (AvgIpc) is 3.49. The summed E-state index contributed by atoms with van der Waals surface area (Å²) in [6, 6.07) is -0.535. The number of rotatable bonds is 73. The number of amides is 1. The van der Waals surface area contributed by atoms with Gasteiger partial charge in [-0.05, 0) is 51.4 Å². The lowest BCUT2D eigenvalue weighted by Crippen LogP contribution is -2.45. The van der Waals surface area contributed by atoms with Crippen molar-refractivity contribution in [3.8, 4) is 0 Å². The third-order valence-corrected chi connectivity index (χ3v) is 18.3. The molecule has 3 N–H and O–H groups in total. The first-order chi connectivity index (χ1) is 41.0. The molecule has 0 radical (unpaired) electrons. The number of hydrogen-bond acceptors (Lipinski definition) is 5. The first kappa shape index (κ1) is 81.6. The minimum atomic E-state index is -0.659. The maximum Gasteiger partial charge on any atom is 0.305 e. The Hall–Kier alpha value is -1.40. The molecule has 0 saturated heterocycles. The number of hydrogen-bond donors (Lipinski definition) is 3. The van der Waals surface area contributed by atoms with Gasteiger partial charge in [0.2, 0.25) is 5.91 Å². The number of carbonyl (C=O) groups is 2. The van der Waals surface area contributed by atoms with Crippen molar-refractivity contribution in [1.82, 2.24) is 5.32 Å². The zero-order valence-corrected chi connectivity index (χ0v) is 56.7. The molecule has 2 atom stereocenters. The lowest BCUT2D eigenvalue weighted by Gasteiger charge is -2.22. The Bertz CT molecular complexity index is 1260. The van der Waals surface area contributed by atoms with Crippen LogP contribution in [0.1, 0.15) is 444 Å². The van der Waals surface area contributed by atoms with Crippen LogP contribution in [0.15, 0.2) is 12.2 Å². The second kappa shape index (κ2) is 73.1. The fourth-order valence-electron chi connectivity index (χ4n) is 12.5. The SMILES string of the molecule is CCCCCC/C=C\CCCCCCCC(=O)OCCCCCCCCCCCCCCCCCCCCCCCCCCCCCCCCCCCCCCCCCC(=O)NC(CO)C(O)CCCCCCCCCCCCCCCC. The van der Waals surface area contributed by atoms with Crippen LogP contribution in [0.3, 0.4) is 0 Å². The van der Waals surface area contributed by atoms with E-state index in [4.69, 9.17) is 4.74 Å². The molecule has 494 valence electrons. The third kappa shape index (κ3) is 69.6. The van der Waals surface area contributed by atoms with Crippen LogP contribution in [0.25, 0.3) is 0 Å². The molecular formula is C77H151NO5. The quantitative estimate of drug-likeness (QED) is 0.0320. The second-order valence-electron chi connectivity index (χ2n) is 26.7. The zero-order valence-electron chi connectivity index (χ0n) is 56.7. The summed E-state index contributed by atoms with van der Waals surface area (Å²) < 4.78 is 5.49. The molecule has 0 saturated carbocycles. The van der Waals surface area contributed by atoms with E-state index in [9.17, 15) is 19.8 Å². The monoisotopic (exact) mass is 1170 g/mol. The van der Waals surface area contributed by atoms with Gasteiger partial charge in [0.15, 0.2) is 0 Å². The van der Waals surface area contributed by atoms with Crippen molar-refractivity contribution in [3.63, 3.8) is 0 Å². The van der Waals surface area contributed by atoms with E-state index in [-0.39, 0.29) is 18.5 Å². The maximum atomic E-state index is 12.5. The van der Waals surface area contributed by atoms with Gasteiger partial charge in [0.1, 0.15) is 0 Å². The van der Waals surface area contributed by atoms with Crippen LogP contribution in [0.2, 0.25) is 0 Å². The summed E-state index contributed by atoms with van der Waals surface area (Å²) in [6.07, 6.45) is 91.7. The average molecular weight is 1170 g/mol. The molecule has 0 rings (SSSR count). The Balaban J connectivity index is 3.27. The number of nitrogens with one attached hydrogen (secondary N) is 1. The van der Waals surface area contributed by atoms with E-state index in [2.05, 4.69) is 31.3 Å². The van der Waals surface area contributed by atoms with Gasteiger partial charge >= 0.3 is 5.97 Å². The summed E-state index contributed by atoms with van der Waals surface area (Å²) in [4.78, 5) is 24.6. The smallest absolute Gasteiger partial charge is 0.305 e. The van der Waals surface area contributed by atoms with E-state index < -0.39 is 12.1 Å². The molecule has 0 aliphatic carbocycles. The summed E-state index contributed by atoms with van der Waals surface area (Å²) in [5.74, 6) is -0.00990. The molecule has 6 nitrogen and oxygen atoms in total. The second-order valence-corrected chi connectivity index (χ2v) is 26.7. The molecule has 0 aromatic heterocycles. The number of esters is 1. The number of carbonyl (C=O) groups excluding carboxylic acids is 2. The van der Waals surface area contributed by atoms with Gasteiger partial charge < -0.3 is 20.3 Å². The van der Waals surface area contributed by atoms with E-state index in [0.717, 1.165) is 44.9 Å². The van der Waals surface area contributed by atoms with Crippen molar-refractivity contribution in [2.24, 2.45) is 0 Å². The highest BCUT2D eigenvalue weighted by Crippen LogP contribution is 2.20. The highest BCUT2D eigenvalue weighted by atomic mass is 16.5. The van der Waals surface area contributed by atoms with E-state index in [0.29, 0.717) is 25.9 Å². The standard InChI is InChI=1S/C77H151NO5/c1-3-5-7-9-11-13-15-17-46-49-53-57-61-65-69-75(80)74(73-79)78-76(81)70-66-62-58-54-50-47-43-41-39-37-35-33-31-29-27-25-23-21-19-18-20-22-24-26-28-30-32-34-36-38-40-42-44-48-52-56-60-64-68-72-83-77(82)71-67-63-59-55-51-45-16-14-12-10-8-6-4-2/h14,16,74-75,79-80H,3-13,15,17-73H2,1-2H3,(H,78,81)/b16-14-. The molecule has 0 spiro atoms. The van der Waals surface area contributed by atoms with Gasteiger partial charge in [-0.2, -0.15) is 0 Å². The first-order valence-corrected chi connectivity index (χ1v) is 38.4. The van der Waals surface area contributed by atoms with Gasteiger partial charge in [-0.3, -0.25) is 9.59 Å². The highest BCUT2D eigenvalue weighted by Gasteiger charge is 2.20. The van der Waals surface area contributed by atoms with Crippen LogP contribution >= 0.6 is 0 Å². The first-order valence-electron chi connectivity index (χ1n) is 38.4. The molecule has 0 aromatic carbocycles. The Morgan fingerprint density at radius 3 is 0.867 bits per heavy atom. The number of ether oxygens (including phenoxy) is 1. The van der Waals surface area contributed by atoms with Gasteiger partial charge in [0.25, 0.3) is 0 Å². The van der Waals surface area contributed by atoms with Gasteiger partial charge in [-0.15, -0.1) is 0 Å². The van der Waals surface area contributed by atoms with Crippen molar-refractivity contribution in [1.29, 1.82) is 0 Å². The molecule has 0 heterocycles. The summed E-state index contributed by atoms with van der Waals surface area (Å²) in [5, 5.41) is 23.3. The normalized spacial score (nSPS) is 12.5. The van der Waals surface area contributed by atoms with Crippen LogP contribution in [-0.4, -0.2) is 47.4 Å². The molecule has 0 aliphatic rings. The summed E-state index contributed by atoms with van der Waals surface area (Å²) in [7, 11) is 0. The summed E-state index contributed by atoms with van der Waals surface area (Å²) in [6.45, 7) is 4.98. The largest absolute Gasteiger partial charge is 0.466 e. The number of unbranched alkanes of at least 4 members (excludes halogenated alkanes) is 60. The third-order valence-electron chi connectivity index (χ3n) is 18.3. The van der Waals surface area contributed by atoms with Crippen molar-refractivity contribution in [2.75, 3.05) is 13.2 Å². The van der Waals surface area contributed by atoms with Gasteiger partial charge in [0.05, 0.1) is 25.4 Å². The number of aliphatic hydroxyl groups is 2. The van der Waals surface area contributed by atoms with E-state index in [1.54, 1.807) is 0 Å². The predicted molar refractivity (Wildman–Crippen MR) is 366 cm³/mol. The van der Waals surface area contributed by atoms with Gasteiger partial charge in [-0.25, -0.2) is 0 Å². The van der Waals surface area contributed by atoms with E-state index >= 15 is 0 Å². The van der Waals surface area contributed by atoms with Gasteiger partial charge in [-0.1, -0.05) is 392 Å². The number of allylic oxidation sites excluding steroid dienone is 2. The minimum absolute atomic E-state index is 0.0156. The Morgan fingerprint density at radius 2 is 0.566 bits per heavy atom. The molecule has 0 bridgehead atoms. The van der Waals surface area contributed by atoms with Crippen LogP contribution in [0.4, 0.5) is 0 Å². The number of aliphatic hydroxyl groups excluding tert-OH is 2. The van der Waals surface area contributed by atoms with Crippen molar-refractivity contribution in [2.45, 2.75) is 456 Å². The Kier molecular flexibility index (Phi) is 71.8. The zero-order chi connectivity index (χ0) is 59.9. The van der Waals surface area contributed by atoms with Crippen molar-refractivity contribution < 1.29 is 24.5 Å². The summed E-state index contributed by atoms with van der Waals surface area (Å²) in [5.41, 5.74) is 0.